The van der Waals surface area contributed by atoms with Crippen LogP contribution in [0.5, 0.6) is 0 Å². The SMILES string of the molecule is c1ccc(-n2cc(CN3CCc4nc(C5CC5)ncc4C3)c(-c3ccco3)n2)cc1. The lowest BCUT2D eigenvalue weighted by molar-refractivity contribution is 0.242. The average Bonchev–Trinajstić information content (AvgIpc) is 3.33. The van der Waals surface area contributed by atoms with Crippen LogP contribution in [0.2, 0.25) is 0 Å². The van der Waals surface area contributed by atoms with Gasteiger partial charge in [-0.2, -0.15) is 5.10 Å². The Morgan fingerprint density at radius 3 is 2.77 bits per heavy atom. The van der Waals surface area contributed by atoms with Crippen LogP contribution in [0.15, 0.2) is 65.5 Å². The highest BCUT2D eigenvalue weighted by Gasteiger charge is 2.28. The molecule has 0 radical (unpaired) electrons. The molecule has 1 aliphatic carbocycles. The Morgan fingerprint density at radius 2 is 1.97 bits per heavy atom. The molecule has 0 amide bonds. The van der Waals surface area contributed by atoms with Crippen molar-refractivity contribution >= 4 is 0 Å². The minimum absolute atomic E-state index is 0.605. The molecule has 4 aromatic rings. The number of nitrogens with zero attached hydrogens (tertiary/aromatic N) is 5. The van der Waals surface area contributed by atoms with Gasteiger partial charge >= 0.3 is 0 Å². The van der Waals surface area contributed by atoms with Gasteiger partial charge in [0, 0.05) is 61.2 Å². The lowest BCUT2D eigenvalue weighted by atomic mass is 10.1. The van der Waals surface area contributed by atoms with E-state index in [0.717, 1.165) is 54.6 Å². The summed E-state index contributed by atoms with van der Waals surface area (Å²) in [6.07, 6.45) is 9.32. The number of rotatable bonds is 5. The van der Waals surface area contributed by atoms with Crippen molar-refractivity contribution in [1.82, 2.24) is 24.6 Å². The highest BCUT2D eigenvalue weighted by atomic mass is 16.3. The van der Waals surface area contributed by atoms with Crippen molar-refractivity contribution in [3.63, 3.8) is 0 Å². The fourth-order valence-corrected chi connectivity index (χ4v) is 4.16. The topological polar surface area (TPSA) is 60.0 Å². The number of hydrogen-bond donors (Lipinski definition) is 0. The van der Waals surface area contributed by atoms with Crippen LogP contribution in [0.1, 0.15) is 41.4 Å². The predicted octanol–water partition coefficient (Wildman–Crippen LogP) is 4.36. The third kappa shape index (κ3) is 3.33. The summed E-state index contributed by atoms with van der Waals surface area (Å²) in [6.45, 7) is 2.67. The van der Waals surface area contributed by atoms with Gasteiger partial charge in [0.15, 0.2) is 5.76 Å². The van der Waals surface area contributed by atoms with Crippen LogP contribution in [-0.2, 0) is 19.5 Å². The van der Waals surface area contributed by atoms with Crippen LogP contribution in [-0.4, -0.2) is 31.2 Å². The highest BCUT2D eigenvalue weighted by Crippen LogP contribution is 2.38. The van der Waals surface area contributed by atoms with Crippen LogP contribution < -0.4 is 0 Å². The van der Waals surface area contributed by atoms with Gasteiger partial charge in [0.25, 0.3) is 0 Å². The lowest BCUT2D eigenvalue weighted by Gasteiger charge is -2.27. The Morgan fingerprint density at radius 1 is 1.07 bits per heavy atom. The number of para-hydroxylation sites is 1. The third-order valence-corrected chi connectivity index (χ3v) is 5.93. The van der Waals surface area contributed by atoms with Gasteiger partial charge in [-0.1, -0.05) is 18.2 Å². The van der Waals surface area contributed by atoms with Crippen LogP contribution in [0.25, 0.3) is 17.1 Å². The van der Waals surface area contributed by atoms with Crippen molar-refractivity contribution in [2.45, 2.75) is 38.3 Å². The smallest absolute Gasteiger partial charge is 0.154 e. The first-order valence-corrected chi connectivity index (χ1v) is 10.6. The zero-order valence-electron chi connectivity index (χ0n) is 16.7. The minimum Gasteiger partial charge on any atom is -0.463 e. The molecule has 0 atom stereocenters. The molecule has 0 spiro atoms. The molecule has 0 N–H and O–H groups in total. The van der Waals surface area contributed by atoms with E-state index in [2.05, 4.69) is 28.2 Å². The molecule has 1 aromatic carbocycles. The molecule has 6 heteroatoms. The summed E-state index contributed by atoms with van der Waals surface area (Å²) < 4.78 is 7.62. The number of fused-ring (bicyclic) bond motifs is 1. The fraction of sp³-hybridized carbons (Fsp3) is 0.292. The molecule has 1 saturated carbocycles. The van der Waals surface area contributed by atoms with Crippen molar-refractivity contribution < 1.29 is 4.42 Å². The monoisotopic (exact) mass is 397 g/mol. The Balaban J connectivity index is 1.28. The first-order valence-electron chi connectivity index (χ1n) is 10.6. The van der Waals surface area contributed by atoms with E-state index in [1.54, 1.807) is 6.26 Å². The highest BCUT2D eigenvalue weighted by molar-refractivity contribution is 5.57. The standard InChI is InChI=1S/C24H23N5O/c1-2-5-20(6-3-1)29-16-19(23(27-29)22-7-4-12-30-22)15-28-11-10-21-18(14-28)13-25-24(26-21)17-8-9-17/h1-7,12-13,16-17H,8-11,14-15H2. The predicted molar refractivity (Wildman–Crippen MR) is 113 cm³/mol. The Kier molecular flexibility index (Phi) is 4.23. The fourth-order valence-electron chi connectivity index (χ4n) is 4.16. The second-order valence-corrected chi connectivity index (χ2v) is 8.20. The molecule has 6 rings (SSSR count). The summed E-state index contributed by atoms with van der Waals surface area (Å²) in [5.41, 5.74) is 5.58. The van der Waals surface area contributed by atoms with Gasteiger partial charge in [-0.3, -0.25) is 4.90 Å². The molecular formula is C24H23N5O. The average molecular weight is 397 g/mol. The number of aromatic nitrogens is 4. The van der Waals surface area contributed by atoms with Gasteiger partial charge < -0.3 is 4.42 Å². The maximum atomic E-state index is 5.68. The van der Waals surface area contributed by atoms with Gasteiger partial charge in [0.1, 0.15) is 11.5 Å². The molecular weight excluding hydrogens is 374 g/mol. The van der Waals surface area contributed by atoms with E-state index in [0.29, 0.717) is 5.92 Å². The van der Waals surface area contributed by atoms with Crippen molar-refractivity contribution in [1.29, 1.82) is 0 Å². The first-order chi connectivity index (χ1) is 14.8. The molecule has 0 saturated heterocycles. The van der Waals surface area contributed by atoms with Gasteiger partial charge in [-0.25, -0.2) is 14.6 Å². The van der Waals surface area contributed by atoms with Gasteiger partial charge in [0.2, 0.25) is 0 Å². The van der Waals surface area contributed by atoms with E-state index in [1.165, 1.54) is 24.1 Å². The van der Waals surface area contributed by atoms with E-state index >= 15 is 0 Å². The Bertz CT molecular complexity index is 1160. The third-order valence-electron chi connectivity index (χ3n) is 5.93. The van der Waals surface area contributed by atoms with Crippen molar-refractivity contribution in [3.05, 3.63) is 83.8 Å². The summed E-state index contributed by atoms with van der Waals surface area (Å²) in [6, 6.07) is 14.1. The summed E-state index contributed by atoms with van der Waals surface area (Å²) in [5.74, 6) is 2.45. The zero-order chi connectivity index (χ0) is 19.9. The van der Waals surface area contributed by atoms with Crippen molar-refractivity contribution in [3.8, 4) is 17.1 Å². The zero-order valence-corrected chi connectivity index (χ0v) is 16.7. The van der Waals surface area contributed by atoms with Crippen LogP contribution in [0.3, 0.4) is 0 Å². The number of benzene rings is 1. The lowest BCUT2D eigenvalue weighted by Crippen LogP contribution is -2.31. The van der Waals surface area contributed by atoms with Crippen LogP contribution in [0, 0.1) is 0 Å². The van der Waals surface area contributed by atoms with E-state index < -0.39 is 0 Å². The van der Waals surface area contributed by atoms with E-state index in [9.17, 15) is 0 Å². The summed E-state index contributed by atoms with van der Waals surface area (Å²) in [4.78, 5) is 11.9. The molecule has 6 nitrogen and oxygen atoms in total. The summed E-state index contributed by atoms with van der Waals surface area (Å²) in [7, 11) is 0. The normalized spacial score (nSPS) is 16.5. The maximum Gasteiger partial charge on any atom is 0.154 e. The van der Waals surface area contributed by atoms with Crippen LogP contribution in [0.4, 0.5) is 0 Å². The van der Waals surface area contributed by atoms with Gasteiger partial charge in [-0.05, 0) is 37.1 Å². The first kappa shape index (κ1) is 17.6. The largest absolute Gasteiger partial charge is 0.463 e. The summed E-state index contributed by atoms with van der Waals surface area (Å²) in [5, 5.41) is 4.84. The van der Waals surface area contributed by atoms with Gasteiger partial charge in [0.05, 0.1) is 12.0 Å². The Labute approximate surface area is 175 Å². The minimum atomic E-state index is 0.605. The molecule has 2 aliphatic rings. The van der Waals surface area contributed by atoms with Crippen molar-refractivity contribution in [2.75, 3.05) is 6.54 Å². The molecule has 0 bridgehead atoms. The second-order valence-electron chi connectivity index (χ2n) is 8.20. The Hall–Kier alpha value is -3.25. The second kappa shape index (κ2) is 7.22. The quantitative estimate of drug-likeness (QED) is 0.501. The maximum absolute atomic E-state index is 5.68. The van der Waals surface area contributed by atoms with Crippen LogP contribution >= 0.6 is 0 Å². The molecule has 3 aromatic heterocycles. The molecule has 1 aliphatic heterocycles. The van der Waals surface area contributed by atoms with E-state index in [1.807, 2.05) is 41.2 Å². The molecule has 30 heavy (non-hydrogen) atoms. The molecule has 0 unspecified atom stereocenters. The summed E-state index contributed by atoms with van der Waals surface area (Å²) >= 11 is 0. The van der Waals surface area contributed by atoms with E-state index in [4.69, 9.17) is 14.5 Å². The van der Waals surface area contributed by atoms with Gasteiger partial charge in [-0.15, -0.1) is 0 Å². The number of furan rings is 1. The molecule has 1 fully saturated rings. The number of hydrogen-bond acceptors (Lipinski definition) is 5. The molecule has 4 heterocycles. The van der Waals surface area contributed by atoms with E-state index in [-0.39, 0.29) is 0 Å². The molecule has 150 valence electrons. The van der Waals surface area contributed by atoms with Crippen molar-refractivity contribution in [2.24, 2.45) is 0 Å².